The lowest BCUT2D eigenvalue weighted by Gasteiger charge is -2.10. The highest BCUT2D eigenvalue weighted by Crippen LogP contribution is 2.29. The number of benzene rings is 1. The average molecular weight is 195 g/mol. The maximum atomic E-state index is 10.7. The summed E-state index contributed by atoms with van der Waals surface area (Å²) in [6.45, 7) is 3.60. The van der Waals surface area contributed by atoms with E-state index in [0.717, 1.165) is 0 Å². The molecule has 0 aliphatic rings. The topological polar surface area (TPSA) is 63.4 Å². The molecule has 0 atom stereocenters. The maximum absolute atomic E-state index is 10.7. The van der Waals surface area contributed by atoms with Crippen molar-refractivity contribution in [2.75, 3.05) is 0 Å². The summed E-state index contributed by atoms with van der Waals surface area (Å²) < 4.78 is 0. The van der Waals surface area contributed by atoms with Crippen molar-refractivity contribution in [3.63, 3.8) is 0 Å². The molecule has 0 unspecified atom stereocenters. The van der Waals surface area contributed by atoms with E-state index in [1.54, 1.807) is 12.1 Å². The van der Waals surface area contributed by atoms with Gasteiger partial charge >= 0.3 is 0 Å². The van der Waals surface area contributed by atoms with Crippen LogP contribution in [0.4, 0.5) is 5.69 Å². The van der Waals surface area contributed by atoms with Crippen LogP contribution in [-0.4, -0.2) is 10.0 Å². The summed E-state index contributed by atoms with van der Waals surface area (Å²) in [5.74, 6) is 0.0405. The lowest BCUT2D eigenvalue weighted by molar-refractivity contribution is -0.385. The van der Waals surface area contributed by atoms with Gasteiger partial charge in [0.1, 0.15) is 0 Å². The fourth-order valence-corrected chi connectivity index (χ4v) is 1.56. The van der Waals surface area contributed by atoms with E-state index < -0.39 is 4.92 Å². The summed E-state index contributed by atoms with van der Waals surface area (Å²) in [7, 11) is 0. The van der Waals surface area contributed by atoms with Crippen molar-refractivity contribution in [3.05, 3.63) is 39.4 Å². The number of nitro benzene ring substituents is 1. The van der Waals surface area contributed by atoms with E-state index in [1.807, 2.05) is 13.8 Å². The van der Waals surface area contributed by atoms with Crippen LogP contribution < -0.4 is 0 Å². The summed E-state index contributed by atoms with van der Waals surface area (Å²) >= 11 is 0. The quantitative estimate of drug-likeness (QED) is 0.594. The van der Waals surface area contributed by atoms with Gasteiger partial charge in [0.05, 0.1) is 11.5 Å². The van der Waals surface area contributed by atoms with E-state index in [-0.39, 0.29) is 18.2 Å². The standard InChI is InChI=1S/C10H13NO3/c1-7(2)10-8(6-12)4-3-5-9(10)11(13)14/h3-5,7,12H,6H2,1-2H3. The molecule has 1 aromatic rings. The van der Waals surface area contributed by atoms with E-state index >= 15 is 0 Å². The van der Waals surface area contributed by atoms with Crippen LogP contribution in [0.25, 0.3) is 0 Å². The van der Waals surface area contributed by atoms with Crippen LogP contribution in [0.5, 0.6) is 0 Å². The molecule has 0 spiro atoms. The Morgan fingerprint density at radius 2 is 2.14 bits per heavy atom. The van der Waals surface area contributed by atoms with Crippen molar-refractivity contribution in [2.24, 2.45) is 0 Å². The molecule has 0 amide bonds. The first-order valence-electron chi connectivity index (χ1n) is 4.45. The van der Waals surface area contributed by atoms with Gasteiger partial charge in [0, 0.05) is 11.6 Å². The molecule has 0 heterocycles. The average Bonchev–Trinajstić information content (AvgIpc) is 2.16. The second-order valence-electron chi connectivity index (χ2n) is 3.42. The molecule has 0 fully saturated rings. The zero-order valence-corrected chi connectivity index (χ0v) is 8.23. The minimum Gasteiger partial charge on any atom is -0.392 e. The lowest BCUT2D eigenvalue weighted by Crippen LogP contribution is -2.02. The first-order valence-corrected chi connectivity index (χ1v) is 4.45. The SMILES string of the molecule is CC(C)c1c(CO)cccc1[N+](=O)[O-]. The highest BCUT2D eigenvalue weighted by molar-refractivity contribution is 5.47. The first-order chi connectivity index (χ1) is 6.57. The van der Waals surface area contributed by atoms with E-state index in [9.17, 15) is 10.1 Å². The van der Waals surface area contributed by atoms with Gasteiger partial charge in [-0.05, 0) is 11.5 Å². The van der Waals surface area contributed by atoms with Crippen molar-refractivity contribution >= 4 is 5.69 Å². The van der Waals surface area contributed by atoms with Crippen LogP contribution in [0.3, 0.4) is 0 Å². The highest BCUT2D eigenvalue weighted by atomic mass is 16.6. The Kier molecular flexibility index (Phi) is 3.19. The molecular formula is C10H13NO3. The Labute approximate surface area is 82.3 Å². The molecule has 1 aromatic carbocycles. The van der Waals surface area contributed by atoms with Gasteiger partial charge in [-0.1, -0.05) is 26.0 Å². The number of nitro groups is 1. The van der Waals surface area contributed by atoms with Crippen LogP contribution in [0.15, 0.2) is 18.2 Å². The third kappa shape index (κ3) is 1.90. The fraction of sp³-hybridized carbons (Fsp3) is 0.400. The highest BCUT2D eigenvalue weighted by Gasteiger charge is 2.19. The van der Waals surface area contributed by atoms with Crippen LogP contribution in [-0.2, 0) is 6.61 Å². The smallest absolute Gasteiger partial charge is 0.273 e. The number of aliphatic hydroxyl groups is 1. The van der Waals surface area contributed by atoms with E-state index in [2.05, 4.69) is 0 Å². The van der Waals surface area contributed by atoms with Crippen LogP contribution >= 0.6 is 0 Å². The van der Waals surface area contributed by atoms with Gasteiger partial charge in [-0.3, -0.25) is 10.1 Å². The van der Waals surface area contributed by atoms with Crippen LogP contribution in [0.1, 0.15) is 30.9 Å². The molecular weight excluding hydrogens is 182 g/mol. The molecule has 0 saturated carbocycles. The molecule has 0 aliphatic heterocycles. The third-order valence-corrected chi connectivity index (χ3v) is 2.12. The molecule has 1 rings (SSSR count). The zero-order valence-electron chi connectivity index (χ0n) is 8.23. The van der Waals surface area contributed by atoms with Gasteiger partial charge < -0.3 is 5.11 Å². The summed E-state index contributed by atoms with van der Waals surface area (Å²) in [4.78, 5) is 10.3. The Hall–Kier alpha value is -1.42. The molecule has 14 heavy (non-hydrogen) atoms. The number of hydrogen-bond donors (Lipinski definition) is 1. The van der Waals surface area contributed by atoms with Gasteiger partial charge in [0.2, 0.25) is 0 Å². The zero-order chi connectivity index (χ0) is 10.7. The van der Waals surface area contributed by atoms with E-state index in [4.69, 9.17) is 5.11 Å². The van der Waals surface area contributed by atoms with E-state index in [0.29, 0.717) is 11.1 Å². The van der Waals surface area contributed by atoms with Crippen molar-refractivity contribution in [1.29, 1.82) is 0 Å². The molecule has 4 nitrogen and oxygen atoms in total. The Balaban J connectivity index is 3.35. The van der Waals surface area contributed by atoms with Gasteiger partial charge in [-0.15, -0.1) is 0 Å². The molecule has 0 radical (unpaired) electrons. The number of aliphatic hydroxyl groups excluding tert-OH is 1. The first kappa shape index (κ1) is 10.7. The fourth-order valence-electron chi connectivity index (χ4n) is 1.56. The van der Waals surface area contributed by atoms with Gasteiger partial charge in [-0.25, -0.2) is 0 Å². The largest absolute Gasteiger partial charge is 0.392 e. The number of rotatable bonds is 3. The third-order valence-electron chi connectivity index (χ3n) is 2.12. The van der Waals surface area contributed by atoms with Gasteiger partial charge in [0.15, 0.2) is 0 Å². The normalized spacial score (nSPS) is 10.6. The summed E-state index contributed by atoms with van der Waals surface area (Å²) in [5.41, 5.74) is 1.35. The molecule has 0 saturated heterocycles. The predicted molar refractivity (Wildman–Crippen MR) is 53.1 cm³/mol. The summed E-state index contributed by atoms with van der Waals surface area (Å²) in [5, 5.41) is 19.8. The summed E-state index contributed by atoms with van der Waals surface area (Å²) in [6.07, 6.45) is 0. The Morgan fingerprint density at radius 1 is 1.50 bits per heavy atom. The van der Waals surface area contributed by atoms with Crippen molar-refractivity contribution in [1.82, 2.24) is 0 Å². The second-order valence-corrected chi connectivity index (χ2v) is 3.42. The van der Waals surface area contributed by atoms with Crippen molar-refractivity contribution in [2.45, 2.75) is 26.4 Å². The minimum atomic E-state index is -0.408. The van der Waals surface area contributed by atoms with Crippen LogP contribution in [0, 0.1) is 10.1 Å². The number of hydrogen-bond acceptors (Lipinski definition) is 3. The van der Waals surface area contributed by atoms with Gasteiger partial charge in [0.25, 0.3) is 5.69 Å². The summed E-state index contributed by atoms with van der Waals surface area (Å²) in [6, 6.07) is 4.77. The molecule has 4 heteroatoms. The van der Waals surface area contributed by atoms with Crippen molar-refractivity contribution in [3.8, 4) is 0 Å². The lowest BCUT2D eigenvalue weighted by atomic mass is 9.96. The molecule has 0 bridgehead atoms. The Morgan fingerprint density at radius 3 is 2.57 bits per heavy atom. The predicted octanol–water partition coefficient (Wildman–Crippen LogP) is 2.21. The molecule has 0 aromatic heterocycles. The minimum absolute atomic E-state index is 0.0405. The van der Waals surface area contributed by atoms with Gasteiger partial charge in [-0.2, -0.15) is 0 Å². The number of nitrogens with zero attached hydrogens (tertiary/aromatic N) is 1. The van der Waals surface area contributed by atoms with Crippen LogP contribution in [0.2, 0.25) is 0 Å². The van der Waals surface area contributed by atoms with E-state index in [1.165, 1.54) is 6.07 Å². The molecule has 1 N–H and O–H groups in total. The maximum Gasteiger partial charge on any atom is 0.273 e. The molecule has 76 valence electrons. The monoisotopic (exact) mass is 195 g/mol. The Bertz CT molecular complexity index is 347. The van der Waals surface area contributed by atoms with Crippen molar-refractivity contribution < 1.29 is 10.0 Å². The molecule has 0 aliphatic carbocycles. The second kappa shape index (κ2) is 4.19.